The fraction of sp³-hybridized carbons (Fsp3) is 0.125. The largest absolute Gasteiger partial charge is 0.497 e. The quantitative estimate of drug-likeness (QED) is 0.274. The predicted octanol–water partition coefficient (Wildman–Crippen LogP) is 5.68. The summed E-state index contributed by atoms with van der Waals surface area (Å²) >= 11 is 1.48. The number of furan rings is 1. The Labute approximate surface area is 193 Å². The molecular formula is C24H19FN4O3S. The number of benzene rings is 2. The van der Waals surface area contributed by atoms with E-state index in [2.05, 4.69) is 15.2 Å². The summed E-state index contributed by atoms with van der Waals surface area (Å²) < 4.78 is 32.0. The molecule has 166 valence electrons. The van der Waals surface area contributed by atoms with Gasteiger partial charge in [-0.15, -0.1) is 10.2 Å². The fourth-order valence-corrected chi connectivity index (χ4v) is 4.15. The molecule has 0 spiro atoms. The van der Waals surface area contributed by atoms with Crippen molar-refractivity contribution in [2.24, 2.45) is 0 Å². The topological polar surface area (TPSA) is 79.1 Å². The number of rotatable bonds is 8. The molecule has 0 fully saturated rings. The lowest BCUT2D eigenvalue weighted by molar-refractivity contribution is 0.415. The zero-order valence-corrected chi connectivity index (χ0v) is 18.5. The highest BCUT2D eigenvalue weighted by molar-refractivity contribution is 7.98. The molecule has 0 aliphatic heterocycles. The summed E-state index contributed by atoms with van der Waals surface area (Å²) in [6.07, 6.45) is 3.21. The number of hydrogen-bond donors (Lipinski definition) is 0. The summed E-state index contributed by atoms with van der Waals surface area (Å²) in [5.74, 6) is 2.77. The van der Waals surface area contributed by atoms with E-state index in [4.69, 9.17) is 13.6 Å². The van der Waals surface area contributed by atoms with Crippen LogP contribution in [0.2, 0.25) is 0 Å². The van der Waals surface area contributed by atoms with Crippen LogP contribution in [0.25, 0.3) is 22.8 Å². The number of hydrogen-bond acceptors (Lipinski definition) is 7. The Morgan fingerprint density at radius 2 is 1.88 bits per heavy atom. The molecule has 0 bridgehead atoms. The van der Waals surface area contributed by atoms with Gasteiger partial charge in [-0.1, -0.05) is 30.0 Å². The van der Waals surface area contributed by atoms with Crippen molar-refractivity contribution in [2.45, 2.75) is 17.5 Å². The van der Waals surface area contributed by atoms with Gasteiger partial charge in [0.15, 0.2) is 11.0 Å². The Morgan fingerprint density at radius 3 is 2.70 bits per heavy atom. The molecule has 0 atom stereocenters. The second kappa shape index (κ2) is 9.33. The first kappa shape index (κ1) is 21.0. The zero-order chi connectivity index (χ0) is 22.6. The van der Waals surface area contributed by atoms with Crippen LogP contribution in [0.4, 0.5) is 4.39 Å². The van der Waals surface area contributed by atoms with Gasteiger partial charge in [0.2, 0.25) is 5.89 Å². The fourth-order valence-electron chi connectivity index (χ4n) is 3.34. The van der Waals surface area contributed by atoms with Crippen molar-refractivity contribution >= 4 is 11.8 Å². The van der Waals surface area contributed by atoms with Crippen molar-refractivity contribution in [1.82, 2.24) is 19.7 Å². The van der Waals surface area contributed by atoms with Crippen molar-refractivity contribution in [2.75, 3.05) is 7.11 Å². The van der Waals surface area contributed by atoms with E-state index in [9.17, 15) is 4.39 Å². The third-order valence-electron chi connectivity index (χ3n) is 4.91. The maximum absolute atomic E-state index is 13.5. The zero-order valence-electron chi connectivity index (χ0n) is 17.6. The van der Waals surface area contributed by atoms with Gasteiger partial charge in [-0.2, -0.15) is 0 Å². The molecule has 0 N–H and O–H groups in total. The highest BCUT2D eigenvalue weighted by Crippen LogP contribution is 2.30. The average Bonchev–Trinajstić information content (AvgIpc) is 3.60. The molecule has 0 aliphatic carbocycles. The third-order valence-corrected chi connectivity index (χ3v) is 5.91. The van der Waals surface area contributed by atoms with E-state index in [0.717, 1.165) is 22.8 Å². The summed E-state index contributed by atoms with van der Waals surface area (Å²) in [6, 6.07) is 17.6. The summed E-state index contributed by atoms with van der Waals surface area (Å²) in [5.41, 5.74) is 2.19. The number of halogens is 1. The van der Waals surface area contributed by atoms with Crippen molar-refractivity contribution in [1.29, 1.82) is 0 Å². The number of ether oxygens (including phenoxy) is 1. The SMILES string of the molecule is COc1cccc(-c2nnc(SCc3coc(-c4cccc(F)c4)n3)n2Cc2ccco2)c1. The molecule has 0 aliphatic rings. The minimum Gasteiger partial charge on any atom is -0.497 e. The molecule has 0 saturated carbocycles. The van der Waals surface area contributed by atoms with Gasteiger partial charge >= 0.3 is 0 Å². The third kappa shape index (κ3) is 4.68. The van der Waals surface area contributed by atoms with Gasteiger partial charge in [0.05, 0.1) is 25.6 Å². The van der Waals surface area contributed by atoms with Gasteiger partial charge in [0.25, 0.3) is 0 Å². The molecule has 0 unspecified atom stereocenters. The summed E-state index contributed by atoms with van der Waals surface area (Å²) in [5, 5.41) is 9.54. The second-order valence-electron chi connectivity index (χ2n) is 7.15. The number of aromatic nitrogens is 4. The van der Waals surface area contributed by atoms with Gasteiger partial charge < -0.3 is 13.6 Å². The predicted molar refractivity (Wildman–Crippen MR) is 121 cm³/mol. The molecule has 0 radical (unpaired) electrons. The summed E-state index contributed by atoms with van der Waals surface area (Å²) in [7, 11) is 1.63. The van der Waals surface area contributed by atoms with E-state index >= 15 is 0 Å². The molecule has 3 heterocycles. The molecule has 0 saturated heterocycles. The molecule has 2 aromatic carbocycles. The summed E-state index contributed by atoms with van der Waals surface area (Å²) in [4.78, 5) is 4.48. The maximum Gasteiger partial charge on any atom is 0.226 e. The first-order chi connectivity index (χ1) is 16.2. The number of oxazole rings is 1. The second-order valence-corrected chi connectivity index (χ2v) is 8.09. The van der Waals surface area contributed by atoms with Gasteiger partial charge in [0.1, 0.15) is 23.6 Å². The first-order valence-electron chi connectivity index (χ1n) is 10.1. The van der Waals surface area contributed by atoms with Gasteiger partial charge in [-0.05, 0) is 42.5 Å². The minimum absolute atomic E-state index is 0.335. The van der Waals surface area contributed by atoms with Crippen LogP contribution in [0.1, 0.15) is 11.5 Å². The van der Waals surface area contributed by atoms with Crippen LogP contribution in [0.3, 0.4) is 0 Å². The van der Waals surface area contributed by atoms with E-state index in [1.54, 1.807) is 31.8 Å². The monoisotopic (exact) mass is 462 g/mol. The lowest BCUT2D eigenvalue weighted by atomic mass is 10.2. The average molecular weight is 463 g/mol. The van der Waals surface area contributed by atoms with Crippen LogP contribution >= 0.6 is 11.8 Å². The van der Waals surface area contributed by atoms with Crippen LogP contribution in [0, 0.1) is 5.82 Å². The molecule has 33 heavy (non-hydrogen) atoms. The molecule has 9 heteroatoms. The Hall–Kier alpha value is -3.85. The van der Waals surface area contributed by atoms with Gasteiger partial charge in [-0.25, -0.2) is 9.37 Å². The molecule has 0 amide bonds. The highest BCUT2D eigenvalue weighted by Gasteiger charge is 2.17. The van der Waals surface area contributed by atoms with Crippen molar-refractivity contribution in [3.63, 3.8) is 0 Å². The van der Waals surface area contributed by atoms with Crippen LogP contribution in [-0.2, 0) is 12.3 Å². The van der Waals surface area contributed by atoms with E-state index in [0.29, 0.717) is 34.7 Å². The lowest BCUT2D eigenvalue weighted by Gasteiger charge is -2.09. The van der Waals surface area contributed by atoms with E-state index in [1.165, 1.54) is 23.9 Å². The van der Waals surface area contributed by atoms with Crippen LogP contribution in [-0.4, -0.2) is 26.9 Å². The standard InChI is InChI=1S/C24H19FN4O3S/c1-30-20-8-3-5-16(12-20)22-27-28-24(29(22)13-21-9-4-10-31-21)33-15-19-14-32-23(26-19)17-6-2-7-18(25)11-17/h2-12,14H,13,15H2,1H3. The van der Waals surface area contributed by atoms with E-state index in [1.807, 2.05) is 41.0 Å². The van der Waals surface area contributed by atoms with Crippen LogP contribution in [0.5, 0.6) is 5.75 Å². The normalized spacial score (nSPS) is 11.1. The first-order valence-corrected chi connectivity index (χ1v) is 11.1. The van der Waals surface area contributed by atoms with Crippen LogP contribution < -0.4 is 4.74 Å². The smallest absolute Gasteiger partial charge is 0.226 e. The molecule has 7 nitrogen and oxygen atoms in total. The van der Waals surface area contributed by atoms with Gasteiger partial charge in [-0.3, -0.25) is 4.57 Å². The molecule has 3 aromatic heterocycles. The van der Waals surface area contributed by atoms with Crippen molar-refractivity contribution < 1.29 is 18.0 Å². The Kier molecular flexibility index (Phi) is 5.95. The molecular weight excluding hydrogens is 443 g/mol. The van der Waals surface area contributed by atoms with Crippen molar-refractivity contribution in [3.05, 3.63) is 90.5 Å². The van der Waals surface area contributed by atoms with E-state index in [-0.39, 0.29) is 5.82 Å². The molecule has 5 aromatic rings. The van der Waals surface area contributed by atoms with Gasteiger partial charge in [0, 0.05) is 16.9 Å². The number of nitrogens with zero attached hydrogens (tertiary/aromatic N) is 4. The van der Waals surface area contributed by atoms with E-state index < -0.39 is 0 Å². The van der Waals surface area contributed by atoms with Crippen LogP contribution in [0.15, 0.2) is 87.2 Å². The Morgan fingerprint density at radius 1 is 1.00 bits per heavy atom. The number of methoxy groups -OCH3 is 1. The highest BCUT2D eigenvalue weighted by atomic mass is 32.2. The number of thioether (sulfide) groups is 1. The Bertz CT molecular complexity index is 1360. The lowest BCUT2D eigenvalue weighted by Crippen LogP contribution is -2.03. The summed E-state index contributed by atoms with van der Waals surface area (Å²) in [6.45, 7) is 0.474. The molecule has 5 rings (SSSR count). The Balaban J connectivity index is 1.40. The minimum atomic E-state index is -0.335. The van der Waals surface area contributed by atoms with Crippen molar-refractivity contribution in [3.8, 4) is 28.6 Å². The maximum atomic E-state index is 13.5.